The lowest BCUT2D eigenvalue weighted by molar-refractivity contribution is -0.292. The highest BCUT2D eigenvalue weighted by molar-refractivity contribution is 5.94. The molecule has 0 radical (unpaired) electrons. The third kappa shape index (κ3) is 7.10. The van der Waals surface area contributed by atoms with E-state index in [1.54, 1.807) is 83.1 Å². The number of aliphatic hydroxyl groups is 4. The van der Waals surface area contributed by atoms with Gasteiger partial charge in [0.05, 0.1) is 41.4 Å². The Bertz CT molecular complexity index is 1980. The Morgan fingerprint density at radius 2 is 1.55 bits per heavy atom. The normalized spacial score (nSPS) is 33.7. The Kier molecular flexibility index (Phi) is 11.2. The number of esters is 2. The van der Waals surface area contributed by atoms with E-state index >= 15 is 0 Å². The van der Waals surface area contributed by atoms with Gasteiger partial charge < -0.3 is 50.0 Å². The van der Waals surface area contributed by atoms with Gasteiger partial charge in [0, 0.05) is 31.1 Å². The molecule has 2 amide bonds. The first-order valence-electron chi connectivity index (χ1n) is 19.4. The molecule has 6 N–H and O–H groups in total. The van der Waals surface area contributed by atoms with Gasteiger partial charge in [-0.1, -0.05) is 62.4 Å². The van der Waals surface area contributed by atoms with Crippen LogP contribution < -0.4 is 10.6 Å². The second kappa shape index (κ2) is 15.2. The average Bonchev–Trinajstić information content (AvgIpc) is 3.14. The first-order chi connectivity index (χ1) is 27.0. The number of aliphatic hydroxyl groups excluding tert-OH is 3. The largest absolute Gasteiger partial charge is 0.456 e. The SMILES string of the molecule is CC(=O)N[C@@]12CO[C@@H]1C[C@H](O)[C@@]1(C)C(=O)[C@H](O)C3=C(C)[C@@H](OC(=O)[C@H](O)[C@@H](NC(=O)OC(C)(C)C)c4ccccc4)C[C@@](O)([C@@H](OC(=O)c4ccccc4)[C@H]21)C3(C)C. The summed E-state index contributed by atoms with van der Waals surface area (Å²) in [5.74, 6) is -4.92. The maximum Gasteiger partial charge on any atom is 0.408 e. The Morgan fingerprint density at radius 3 is 2.10 bits per heavy atom. The van der Waals surface area contributed by atoms with Crippen LogP contribution in [-0.4, -0.2) is 110 Å². The van der Waals surface area contributed by atoms with Crippen LogP contribution in [0.3, 0.4) is 0 Å². The molecule has 3 fully saturated rings. The summed E-state index contributed by atoms with van der Waals surface area (Å²) in [6.45, 7) is 12.1. The number of hydrogen-bond acceptors (Lipinski definition) is 13. The summed E-state index contributed by atoms with van der Waals surface area (Å²) in [6.07, 6.45) is -11.1. The van der Waals surface area contributed by atoms with Crippen molar-refractivity contribution in [2.75, 3.05) is 6.61 Å². The standard InChI is InChI=1S/C43H54N2O13/c1-22-26(56-37(52)32(49)30(24-15-11-9-12-16-24)44-38(53)58-39(3,4)5)20-43(54)35(57-36(51)25-17-13-10-14-18-25)33-41(8,34(50)31(48)29(22)40(43,6)7)27(47)19-28-42(33,21-55-28)45-23(2)46/h9-18,26-28,30-33,35,47-49,54H,19-21H2,1-8H3,(H,44,53)(H,45,46)/t26-,27-,28+,30-,31+,32+,33-,35-,41+,42-,43+/m0/s1. The summed E-state index contributed by atoms with van der Waals surface area (Å²) in [6, 6.07) is 14.7. The summed E-state index contributed by atoms with van der Waals surface area (Å²) >= 11 is 0. The van der Waals surface area contributed by atoms with Gasteiger partial charge in [-0.25, -0.2) is 14.4 Å². The second-order valence-electron chi connectivity index (χ2n) is 17.7. The number of benzene rings is 2. The van der Waals surface area contributed by atoms with Gasteiger partial charge in [0.1, 0.15) is 29.5 Å². The number of fused-ring (bicyclic) bond motifs is 5. The van der Waals surface area contributed by atoms with Crippen molar-refractivity contribution in [3.05, 3.63) is 82.9 Å². The van der Waals surface area contributed by atoms with Gasteiger partial charge in [0.15, 0.2) is 11.9 Å². The van der Waals surface area contributed by atoms with Crippen molar-refractivity contribution >= 4 is 29.7 Å². The van der Waals surface area contributed by atoms with Crippen LogP contribution >= 0.6 is 0 Å². The molecule has 2 aromatic rings. The molecule has 2 aromatic carbocycles. The van der Waals surface area contributed by atoms with Gasteiger partial charge in [-0.2, -0.15) is 0 Å². The number of carbonyl (C=O) groups is 5. The molecule has 3 aliphatic carbocycles. The third-order valence-corrected chi connectivity index (χ3v) is 12.7. The van der Waals surface area contributed by atoms with Crippen molar-refractivity contribution in [1.82, 2.24) is 10.6 Å². The van der Waals surface area contributed by atoms with Gasteiger partial charge in [-0.05, 0) is 63.5 Å². The zero-order valence-corrected chi connectivity index (χ0v) is 34.0. The number of ether oxygens (including phenoxy) is 4. The lowest BCUT2D eigenvalue weighted by Gasteiger charge is -2.68. The van der Waals surface area contributed by atoms with E-state index in [0.717, 1.165) is 0 Å². The predicted molar refractivity (Wildman–Crippen MR) is 206 cm³/mol. The van der Waals surface area contributed by atoms with E-state index in [-0.39, 0.29) is 29.7 Å². The van der Waals surface area contributed by atoms with Crippen molar-refractivity contribution in [3.8, 4) is 0 Å². The lowest BCUT2D eigenvalue weighted by Crippen LogP contribution is -2.84. The monoisotopic (exact) mass is 806 g/mol. The van der Waals surface area contributed by atoms with Crippen molar-refractivity contribution in [2.24, 2.45) is 16.7 Å². The molecule has 0 unspecified atom stereocenters. The smallest absolute Gasteiger partial charge is 0.408 e. The molecule has 0 aromatic heterocycles. The fourth-order valence-corrected chi connectivity index (χ4v) is 9.72. The summed E-state index contributed by atoms with van der Waals surface area (Å²) in [5, 5.41) is 54.6. The van der Waals surface area contributed by atoms with Crippen LogP contribution in [0.4, 0.5) is 4.79 Å². The van der Waals surface area contributed by atoms with Crippen molar-refractivity contribution in [2.45, 2.75) is 128 Å². The Balaban J connectivity index is 1.49. The zero-order valence-electron chi connectivity index (χ0n) is 34.0. The van der Waals surface area contributed by atoms with Crippen molar-refractivity contribution < 1.29 is 63.3 Å². The van der Waals surface area contributed by atoms with Crippen molar-refractivity contribution in [3.63, 3.8) is 0 Å². The quantitative estimate of drug-likeness (QED) is 0.128. The summed E-state index contributed by atoms with van der Waals surface area (Å²) in [7, 11) is 0. The van der Waals surface area contributed by atoms with E-state index in [0.29, 0.717) is 5.56 Å². The highest BCUT2D eigenvalue weighted by atomic mass is 16.6. The van der Waals surface area contributed by atoms with E-state index < -0.39 is 112 Å². The van der Waals surface area contributed by atoms with Crippen LogP contribution in [0.25, 0.3) is 0 Å². The number of nitrogens with one attached hydrogen (secondary N) is 2. The van der Waals surface area contributed by atoms with E-state index in [1.807, 2.05) is 0 Å². The lowest BCUT2D eigenvalue weighted by atomic mass is 9.44. The second-order valence-corrected chi connectivity index (χ2v) is 17.7. The highest BCUT2D eigenvalue weighted by Crippen LogP contribution is 2.63. The van der Waals surface area contributed by atoms with Crippen LogP contribution in [-0.2, 0) is 33.3 Å². The van der Waals surface area contributed by atoms with E-state index in [1.165, 1.54) is 32.9 Å². The van der Waals surface area contributed by atoms with Crippen LogP contribution in [0.2, 0.25) is 0 Å². The van der Waals surface area contributed by atoms with Crippen LogP contribution in [0.15, 0.2) is 71.8 Å². The molecule has 1 heterocycles. The molecule has 1 aliphatic heterocycles. The van der Waals surface area contributed by atoms with E-state index in [4.69, 9.17) is 18.9 Å². The first kappa shape index (κ1) is 42.9. The topological polar surface area (TPSA) is 227 Å². The minimum atomic E-state index is -2.31. The number of carbonyl (C=O) groups excluding carboxylic acids is 5. The maximum absolute atomic E-state index is 15.0. The van der Waals surface area contributed by atoms with Crippen LogP contribution in [0, 0.1) is 16.7 Å². The zero-order chi connectivity index (χ0) is 42.7. The summed E-state index contributed by atoms with van der Waals surface area (Å²) in [4.78, 5) is 69.1. The third-order valence-electron chi connectivity index (χ3n) is 12.7. The molecule has 314 valence electrons. The molecular weight excluding hydrogens is 752 g/mol. The van der Waals surface area contributed by atoms with Crippen LogP contribution in [0.1, 0.15) is 90.2 Å². The minimum Gasteiger partial charge on any atom is -0.456 e. The van der Waals surface area contributed by atoms with Gasteiger partial charge in [0.25, 0.3) is 0 Å². The first-order valence-corrected chi connectivity index (χ1v) is 19.4. The van der Waals surface area contributed by atoms with Gasteiger partial charge in [-0.3, -0.25) is 9.59 Å². The molecule has 58 heavy (non-hydrogen) atoms. The van der Waals surface area contributed by atoms with Gasteiger partial charge in [0.2, 0.25) is 5.91 Å². The predicted octanol–water partition coefficient (Wildman–Crippen LogP) is 2.83. The molecule has 2 saturated carbocycles. The molecular formula is C43H54N2O13. The highest BCUT2D eigenvalue weighted by Gasteiger charge is 2.76. The minimum absolute atomic E-state index is 0.0433. The average molecular weight is 807 g/mol. The van der Waals surface area contributed by atoms with Gasteiger partial charge >= 0.3 is 18.0 Å². The van der Waals surface area contributed by atoms with E-state index in [9.17, 15) is 44.4 Å². The Labute approximate surface area is 337 Å². The Morgan fingerprint density at radius 1 is 0.948 bits per heavy atom. The number of amides is 2. The molecule has 6 rings (SSSR count). The molecule has 0 spiro atoms. The Hall–Kier alpha value is -4.67. The molecule has 15 heteroatoms. The number of hydrogen-bond donors (Lipinski definition) is 6. The molecule has 1 saturated heterocycles. The van der Waals surface area contributed by atoms with Crippen molar-refractivity contribution in [1.29, 1.82) is 0 Å². The van der Waals surface area contributed by atoms with E-state index in [2.05, 4.69) is 10.6 Å². The molecule has 15 nitrogen and oxygen atoms in total. The summed E-state index contributed by atoms with van der Waals surface area (Å²) < 4.78 is 23.6. The molecule has 4 aliphatic rings. The number of alkyl carbamates (subject to hydrolysis) is 1. The fraction of sp³-hybridized carbons (Fsp3) is 0.558. The number of rotatable bonds is 8. The number of ketones is 1. The molecule has 2 bridgehead atoms. The number of Topliss-reactive ketones (excluding diaryl/α,β-unsaturated/α-hetero) is 1. The van der Waals surface area contributed by atoms with Crippen LogP contribution in [0.5, 0.6) is 0 Å². The van der Waals surface area contributed by atoms with Gasteiger partial charge in [-0.15, -0.1) is 0 Å². The maximum atomic E-state index is 15.0. The summed E-state index contributed by atoms with van der Waals surface area (Å²) in [5.41, 5.74) is -7.69. The molecule has 11 atom stereocenters. The fourth-order valence-electron chi connectivity index (χ4n) is 9.72.